The minimum atomic E-state index is -3.49. The molecule has 0 saturated carbocycles. The van der Waals surface area contributed by atoms with E-state index in [4.69, 9.17) is 5.14 Å². The molecule has 2 rings (SSSR count). The van der Waals surface area contributed by atoms with Crippen LogP contribution in [0.3, 0.4) is 0 Å². The standard InChI is InChI=1S/C11H20N6O3S/c12-21(19,20)7-1-4-14-11(18)10-8-17(16-15-10)9-2-5-13-6-3-9/h8-9,13H,1-7H2,(H,14,18)(H2,12,19,20). The van der Waals surface area contributed by atoms with E-state index >= 15 is 0 Å². The van der Waals surface area contributed by atoms with E-state index in [2.05, 4.69) is 20.9 Å². The first-order chi connectivity index (χ1) is 9.96. The maximum Gasteiger partial charge on any atom is 0.273 e. The Hall–Kier alpha value is -1.52. The van der Waals surface area contributed by atoms with Gasteiger partial charge >= 0.3 is 0 Å². The Bertz CT molecular complexity index is 579. The molecule has 1 fully saturated rings. The van der Waals surface area contributed by atoms with Crippen LogP contribution in [-0.4, -0.2) is 54.7 Å². The van der Waals surface area contributed by atoms with Crippen molar-refractivity contribution in [2.24, 2.45) is 5.14 Å². The quantitative estimate of drug-likeness (QED) is 0.554. The third kappa shape index (κ3) is 5.06. The Balaban J connectivity index is 1.81. The minimum Gasteiger partial charge on any atom is -0.351 e. The maximum atomic E-state index is 11.8. The number of primary sulfonamides is 1. The molecule has 0 aliphatic carbocycles. The molecule has 9 nitrogen and oxygen atoms in total. The first-order valence-corrected chi connectivity index (χ1v) is 8.58. The topological polar surface area (TPSA) is 132 Å². The Kier molecular flexibility index (Phi) is 5.26. The van der Waals surface area contributed by atoms with Gasteiger partial charge in [-0.1, -0.05) is 5.21 Å². The van der Waals surface area contributed by atoms with E-state index in [1.54, 1.807) is 10.9 Å². The Morgan fingerprint density at radius 1 is 1.48 bits per heavy atom. The van der Waals surface area contributed by atoms with E-state index in [9.17, 15) is 13.2 Å². The van der Waals surface area contributed by atoms with E-state index < -0.39 is 10.0 Å². The molecule has 1 aliphatic heterocycles. The number of nitrogens with two attached hydrogens (primary N) is 1. The number of hydrogen-bond donors (Lipinski definition) is 3. The zero-order valence-corrected chi connectivity index (χ0v) is 12.5. The van der Waals surface area contributed by atoms with Crippen molar-refractivity contribution in [1.82, 2.24) is 25.6 Å². The van der Waals surface area contributed by atoms with E-state index in [0.717, 1.165) is 25.9 Å². The summed E-state index contributed by atoms with van der Waals surface area (Å²) < 4.78 is 23.2. The van der Waals surface area contributed by atoms with Gasteiger partial charge in [0.15, 0.2) is 5.69 Å². The largest absolute Gasteiger partial charge is 0.351 e. The van der Waals surface area contributed by atoms with Gasteiger partial charge in [-0.3, -0.25) is 4.79 Å². The Morgan fingerprint density at radius 2 is 2.19 bits per heavy atom. The summed E-state index contributed by atoms with van der Waals surface area (Å²) in [6, 6.07) is 0.266. The second-order valence-corrected chi connectivity index (χ2v) is 6.78. The third-order valence-electron chi connectivity index (χ3n) is 3.32. The summed E-state index contributed by atoms with van der Waals surface area (Å²) in [6.07, 6.45) is 3.82. The van der Waals surface area contributed by atoms with Gasteiger partial charge in [-0.2, -0.15) is 0 Å². The predicted molar refractivity (Wildman–Crippen MR) is 76.1 cm³/mol. The van der Waals surface area contributed by atoms with Crippen molar-refractivity contribution >= 4 is 15.9 Å². The molecule has 1 aromatic heterocycles. The molecule has 0 radical (unpaired) electrons. The lowest BCUT2D eigenvalue weighted by atomic mass is 10.1. The summed E-state index contributed by atoms with van der Waals surface area (Å²) in [4.78, 5) is 11.8. The fourth-order valence-electron chi connectivity index (χ4n) is 2.20. The molecule has 0 unspecified atom stereocenters. The lowest BCUT2D eigenvalue weighted by Crippen LogP contribution is -2.29. The summed E-state index contributed by atoms with van der Waals surface area (Å²) in [5.41, 5.74) is 0.240. The molecule has 0 spiro atoms. The maximum absolute atomic E-state index is 11.8. The van der Waals surface area contributed by atoms with Gasteiger partial charge in [0.05, 0.1) is 18.0 Å². The Morgan fingerprint density at radius 3 is 2.86 bits per heavy atom. The highest BCUT2D eigenvalue weighted by Crippen LogP contribution is 2.16. The van der Waals surface area contributed by atoms with Gasteiger partial charge in [-0.05, 0) is 32.4 Å². The molecule has 21 heavy (non-hydrogen) atoms. The number of carbonyl (C=O) groups is 1. The van der Waals surface area contributed by atoms with Crippen LogP contribution in [0.1, 0.15) is 35.8 Å². The van der Waals surface area contributed by atoms with Crippen molar-refractivity contribution in [3.05, 3.63) is 11.9 Å². The number of carbonyl (C=O) groups excluding carboxylic acids is 1. The number of nitrogens with zero attached hydrogens (tertiary/aromatic N) is 3. The van der Waals surface area contributed by atoms with Gasteiger partial charge in [0.2, 0.25) is 10.0 Å². The normalized spacial score (nSPS) is 16.8. The fraction of sp³-hybridized carbons (Fsp3) is 0.727. The van der Waals surface area contributed by atoms with E-state index in [0.29, 0.717) is 0 Å². The van der Waals surface area contributed by atoms with Gasteiger partial charge in [0, 0.05) is 6.54 Å². The van der Waals surface area contributed by atoms with Gasteiger partial charge in [-0.25, -0.2) is 18.2 Å². The fourth-order valence-corrected chi connectivity index (χ4v) is 2.74. The van der Waals surface area contributed by atoms with E-state index in [1.165, 1.54) is 0 Å². The van der Waals surface area contributed by atoms with Gasteiger partial charge in [0.1, 0.15) is 0 Å². The van der Waals surface area contributed by atoms with Crippen LogP contribution in [0.5, 0.6) is 0 Å². The highest BCUT2D eigenvalue weighted by Gasteiger charge is 2.18. The summed E-state index contributed by atoms with van der Waals surface area (Å²) in [6.45, 7) is 2.09. The van der Waals surface area contributed by atoms with Crippen LogP contribution in [0, 0.1) is 0 Å². The van der Waals surface area contributed by atoms with Crippen molar-refractivity contribution in [3.8, 4) is 0 Å². The van der Waals surface area contributed by atoms with Crippen LogP contribution in [0.2, 0.25) is 0 Å². The van der Waals surface area contributed by atoms with Crippen LogP contribution in [0.25, 0.3) is 0 Å². The van der Waals surface area contributed by atoms with Crippen LogP contribution >= 0.6 is 0 Å². The molecule has 1 aromatic rings. The average Bonchev–Trinajstić information content (AvgIpc) is 2.93. The summed E-state index contributed by atoms with van der Waals surface area (Å²) in [5.74, 6) is -0.515. The number of amides is 1. The molecule has 1 saturated heterocycles. The van der Waals surface area contributed by atoms with Crippen molar-refractivity contribution in [2.45, 2.75) is 25.3 Å². The number of hydrogen-bond acceptors (Lipinski definition) is 6. The Labute approximate surface area is 123 Å². The third-order valence-corrected chi connectivity index (χ3v) is 4.17. The molecule has 0 atom stereocenters. The summed E-state index contributed by atoms with van der Waals surface area (Å²) in [7, 11) is -3.49. The predicted octanol–water partition coefficient (Wildman–Crippen LogP) is -1.39. The summed E-state index contributed by atoms with van der Waals surface area (Å²) >= 11 is 0. The van der Waals surface area contributed by atoms with Gasteiger partial charge < -0.3 is 10.6 Å². The number of rotatable bonds is 6. The number of nitrogens with one attached hydrogen (secondary N) is 2. The van der Waals surface area contributed by atoms with Gasteiger partial charge in [0.25, 0.3) is 5.91 Å². The lowest BCUT2D eigenvalue weighted by molar-refractivity contribution is 0.0948. The smallest absolute Gasteiger partial charge is 0.273 e. The molecule has 118 valence electrons. The minimum absolute atomic E-state index is 0.158. The van der Waals surface area contributed by atoms with Crippen LogP contribution in [0.15, 0.2) is 6.20 Å². The molecule has 2 heterocycles. The van der Waals surface area contributed by atoms with Crippen LogP contribution in [-0.2, 0) is 10.0 Å². The second kappa shape index (κ2) is 6.96. The lowest BCUT2D eigenvalue weighted by Gasteiger charge is -2.22. The SMILES string of the molecule is NS(=O)(=O)CCCNC(=O)c1cn(C2CCNCC2)nn1. The zero-order valence-electron chi connectivity index (χ0n) is 11.7. The number of aromatic nitrogens is 3. The molecule has 1 amide bonds. The highest BCUT2D eigenvalue weighted by molar-refractivity contribution is 7.89. The molecule has 4 N–H and O–H groups in total. The zero-order chi connectivity index (χ0) is 15.3. The molecular formula is C11H20N6O3S. The number of piperidine rings is 1. The van der Waals surface area contributed by atoms with Gasteiger partial charge in [-0.15, -0.1) is 5.10 Å². The van der Waals surface area contributed by atoms with Crippen molar-refractivity contribution < 1.29 is 13.2 Å². The van der Waals surface area contributed by atoms with Crippen molar-refractivity contribution in [3.63, 3.8) is 0 Å². The summed E-state index contributed by atoms with van der Waals surface area (Å²) in [5, 5.41) is 18.6. The molecule has 1 aliphatic rings. The molecule has 10 heteroatoms. The van der Waals surface area contributed by atoms with Crippen molar-refractivity contribution in [1.29, 1.82) is 0 Å². The second-order valence-electron chi connectivity index (χ2n) is 5.04. The monoisotopic (exact) mass is 316 g/mol. The van der Waals surface area contributed by atoms with Crippen LogP contribution in [0.4, 0.5) is 0 Å². The van der Waals surface area contributed by atoms with Crippen molar-refractivity contribution in [2.75, 3.05) is 25.4 Å². The highest BCUT2D eigenvalue weighted by atomic mass is 32.2. The first-order valence-electron chi connectivity index (χ1n) is 6.87. The number of sulfonamides is 1. The van der Waals surface area contributed by atoms with E-state index in [1.807, 2.05) is 0 Å². The molecule has 0 bridgehead atoms. The first kappa shape index (κ1) is 15.9. The molecule has 0 aromatic carbocycles. The van der Waals surface area contributed by atoms with Crippen LogP contribution < -0.4 is 15.8 Å². The average molecular weight is 316 g/mol. The van der Waals surface area contributed by atoms with E-state index in [-0.39, 0.29) is 36.4 Å². The molecular weight excluding hydrogens is 296 g/mol.